The Labute approximate surface area is 171 Å². The van der Waals surface area contributed by atoms with Crippen LogP contribution in [0.15, 0.2) is 35.4 Å². The van der Waals surface area contributed by atoms with Crippen LogP contribution in [-0.2, 0) is 19.6 Å². The van der Waals surface area contributed by atoms with Gasteiger partial charge in [0.1, 0.15) is 5.82 Å². The van der Waals surface area contributed by atoms with E-state index in [1.165, 1.54) is 25.5 Å². The van der Waals surface area contributed by atoms with E-state index in [1.54, 1.807) is 12.3 Å². The maximum atomic E-state index is 14.0. The van der Waals surface area contributed by atoms with Gasteiger partial charge in [0.15, 0.2) is 0 Å². The number of aromatic nitrogens is 2. The highest BCUT2D eigenvalue weighted by Crippen LogP contribution is 2.35. The third-order valence-electron chi connectivity index (χ3n) is 6.85. The number of fused-ring (bicyclic) bond motifs is 4. The molecule has 5 heterocycles. The molecule has 0 radical (unpaired) electrons. The summed E-state index contributed by atoms with van der Waals surface area (Å²) >= 11 is 0. The summed E-state index contributed by atoms with van der Waals surface area (Å²) in [4.78, 5) is 21.8. The van der Waals surface area contributed by atoms with E-state index in [2.05, 4.69) is 26.9 Å². The van der Waals surface area contributed by atoms with Crippen LogP contribution in [0.2, 0.25) is 0 Å². The number of likely N-dealkylation sites (tertiary alicyclic amines) is 2. The molecule has 0 unspecified atom stereocenters. The van der Waals surface area contributed by atoms with E-state index in [9.17, 15) is 9.18 Å². The molecular weight excluding hydrogens is 367 g/mol. The van der Waals surface area contributed by atoms with Crippen molar-refractivity contribution in [2.75, 3.05) is 26.2 Å². The van der Waals surface area contributed by atoms with Gasteiger partial charge in [-0.25, -0.2) is 4.39 Å². The molecule has 154 valence electrons. The maximum Gasteiger partial charge on any atom is 0.255 e. The van der Waals surface area contributed by atoms with Gasteiger partial charge in [0.25, 0.3) is 5.56 Å². The van der Waals surface area contributed by atoms with E-state index in [-0.39, 0.29) is 11.4 Å². The minimum atomic E-state index is -0.234. The van der Waals surface area contributed by atoms with E-state index >= 15 is 0 Å². The first-order chi connectivity index (χ1) is 14.2. The first-order valence-corrected chi connectivity index (χ1v) is 10.9. The Morgan fingerprint density at radius 3 is 2.62 bits per heavy atom. The predicted octanol–water partition coefficient (Wildman–Crippen LogP) is 2.99. The van der Waals surface area contributed by atoms with Crippen LogP contribution in [0.5, 0.6) is 0 Å². The van der Waals surface area contributed by atoms with Crippen LogP contribution in [0.4, 0.5) is 4.39 Å². The molecule has 29 heavy (non-hydrogen) atoms. The molecule has 5 nitrogen and oxygen atoms in total. The molecule has 0 saturated carbocycles. The normalized spacial score (nSPS) is 25.0. The molecular formula is C23H29FN4O. The van der Waals surface area contributed by atoms with Crippen LogP contribution in [0.1, 0.15) is 48.4 Å². The minimum absolute atomic E-state index is 0.205. The molecule has 2 aromatic rings. The second-order valence-corrected chi connectivity index (χ2v) is 9.00. The van der Waals surface area contributed by atoms with Crippen molar-refractivity contribution in [1.82, 2.24) is 19.4 Å². The number of nitrogens with zero attached hydrogens (tertiary/aromatic N) is 4. The van der Waals surface area contributed by atoms with Gasteiger partial charge in [0, 0.05) is 61.7 Å². The van der Waals surface area contributed by atoms with E-state index < -0.39 is 0 Å². The van der Waals surface area contributed by atoms with Gasteiger partial charge in [-0.1, -0.05) is 12.5 Å². The third-order valence-corrected chi connectivity index (χ3v) is 6.85. The third kappa shape index (κ3) is 3.88. The highest BCUT2D eigenvalue weighted by atomic mass is 19.1. The van der Waals surface area contributed by atoms with Crippen molar-refractivity contribution in [3.8, 4) is 0 Å². The molecule has 5 rings (SSSR count). The van der Waals surface area contributed by atoms with Crippen LogP contribution >= 0.6 is 0 Å². The number of hydrogen-bond acceptors (Lipinski definition) is 4. The summed E-state index contributed by atoms with van der Waals surface area (Å²) in [5.41, 5.74) is 3.01. The van der Waals surface area contributed by atoms with Crippen LogP contribution < -0.4 is 5.56 Å². The van der Waals surface area contributed by atoms with Crippen molar-refractivity contribution >= 4 is 0 Å². The molecule has 3 aliphatic heterocycles. The zero-order valence-electron chi connectivity index (χ0n) is 16.9. The number of rotatable bonds is 4. The first-order valence-electron chi connectivity index (χ1n) is 10.9. The second-order valence-electron chi connectivity index (χ2n) is 9.00. The Hall–Kier alpha value is -2.05. The molecule has 0 aliphatic carbocycles. The molecule has 2 atom stereocenters. The lowest BCUT2D eigenvalue weighted by Crippen LogP contribution is -2.47. The number of piperidine rings is 2. The second kappa shape index (κ2) is 8.00. The molecule has 0 spiro atoms. The van der Waals surface area contributed by atoms with E-state index in [0.29, 0.717) is 23.9 Å². The van der Waals surface area contributed by atoms with Gasteiger partial charge in [0.2, 0.25) is 0 Å². The van der Waals surface area contributed by atoms with Crippen LogP contribution in [0, 0.1) is 11.7 Å². The average molecular weight is 397 g/mol. The molecule has 0 aromatic carbocycles. The topological polar surface area (TPSA) is 41.4 Å². The minimum Gasteiger partial charge on any atom is -0.312 e. The monoisotopic (exact) mass is 396 g/mol. The fraction of sp³-hybridized carbons (Fsp3) is 0.565. The van der Waals surface area contributed by atoms with Crippen molar-refractivity contribution in [3.63, 3.8) is 0 Å². The van der Waals surface area contributed by atoms with Crippen molar-refractivity contribution in [3.05, 3.63) is 63.6 Å². The van der Waals surface area contributed by atoms with E-state index in [1.807, 2.05) is 4.57 Å². The molecule has 2 saturated heterocycles. The van der Waals surface area contributed by atoms with Crippen molar-refractivity contribution < 1.29 is 4.39 Å². The van der Waals surface area contributed by atoms with Gasteiger partial charge < -0.3 is 4.57 Å². The first kappa shape index (κ1) is 18.9. The summed E-state index contributed by atoms with van der Waals surface area (Å²) < 4.78 is 16.1. The number of hydrogen-bond donors (Lipinski definition) is 0. The number of pyridine rings is 2. The number of halogens is 1. The molecule has 3 aliphatic rings. The molecule has 2 aromatic heterocycles. The van der Waals surface area contributed by atoms with Crippen molar-refractivity contribution in [2.24, 2.45) is 5.92 Å². The Morgan fingerprint density at radius 1 is 0.966 bits per heavy atom. The zero-order valence-corrected chi connectivity index (χ0v) is 16.9. The Balaban J connectivity index is 1.34. The smallest absolute Gasteiger partial charge is 0.255 e. The lowest BCUT2D eigenvalue weighted by Gasteiger charge is -2.43. The lowest BCUT2D eigenvalue weighted by atomic mass is 9.82. The van der Waals surface area contributed by atoms with Gasteiger partial charge in [-0.3, -0.25) is 19.6 Å². The fourth-order valence-corrected chi connectivity index (χ4v) is 5.47. The van der Waals surface area contributed by atoms with Crippen LogP contribution in [0.25, 0.3) is 0 Å². The molecule has 6 heteroatoms. The van der Waals surface area contributed by atoms with E-state index in [0.717, 1.165) is 56.9 Å². The van der Waals surface area contributed by atoms with Gasteiger partial charge in [-0.2, -0.15) is 0 Å². The SMILES string of the molecule is O=c1c(CN2CCCCC2)ccc2n1C[C@H]1C[C@@H]2CN(Cc2ccncc2F)C1. The Bertz CT molecular complexity index is 937. The molecule has 2 bridgehead atoms. The summed E-state index contributed by atoms with van der Waals surface area (Å²) in [7, 11) is 0. The summed E-state index contributed by atoms with van der Waals surface area (Å²) in [6.07, 6.45) is 7.86. The molecule has 2 fully saturated rings. The van der Waals surface area contributed by atoms with Crippen molar-refractivity contribution in [2.45, 2.75) is 51.2 Å². The largest absolute Gasteiger partial charge is 0.312 e. The summed E-state index contributed by atoms with van der Waals surface area (Å²) in [6.45, 7) is 6.18. The standard InChI is InChI=1S/C23H29FN4O/c24-21-11-25-7-6-18(21)14-27-12-17-10-20(16-27)22-5-4-19(23(29)28(22)13-17)15-26-8-2-1-3-9-26/h4-7,11,17,20H,1-3,8-10,12-16H2/t17-,20+/m0/s1. The van der Waals surface area contributed by atoms with Gasteiger partial charge >= 0.3 is 0 Å². The van der Waals surface area contributed by atoms with Crippen LogP contribution in [0.3, 0.4) is 0 Å². The summed E-state index contributed by atoms with van der Waals surface area (Å²) in [5.74, 6) is 0.570. The Kier molecular flexibility index (Phi) is 5.22. The van der Waals surface area contributed by atoms with E-state index in [4.69, 9.17) is 0 Å². The summed E-state index contributed by atoms with van der Waals surface area (Å²) in [5, 5.41) is 0. The molecule has 0 N–H and O–H groups in total. The zero-order chi connectivity index (χ0) is 19.8. The predicted molar refractivity (Wildman–Crippen MR) is 110 cm³/mol. The lowest BCUT2D eigenvalue weighted by molar-refractivity contribution is 0.113. The van der Waals surface area contributed by atoms with Crippen molar-refractivity contribution in [1.29, 1.82) is 0 Å². The van der Waals surface area contributed by atoms with Crippen LogP contribution in [-0.4, -0.2) is 45.5 Å². The highest BCUT2D eigenvalue weighted by molar-refractivity contribution is 5.23. The Morgan fingerprint density at radius 2 is 1.79 bits per heavy atom. The maximum absolute atomic E-state index is 14.0. The van der Waals surface area contributed by atoms with Gasteiger partial charge in [0.05, 0.1) is 6.20 Å². The summed E-state index contributed by atoms with van der Waals surface area (Å²) in [6, 6.07) is 6.01. The molecule has 0 amide bonds. The highest BCUT2D eigenvalue weighted by Gasteiger charge is 2.35. The fourth-order valence-electron chi connectivity index (χ4n) is 5.47. The average Bonchev–Trinajstić information content (AvgIpc) is 2.73. The van der Waals surface area contributed by atoms with Gasteiger partial charge in [-0.05, 0) is 50.4 Å². The quantitative estimate of drug-likeness (QED) is 0.797. The van der Waals surface area contributed by atoms with Gasteiger partial charge in [-0.15, -0.1) is 0 Å².